The third-order valence-electron chi connectivity index (χ3n) is 2.03. The van der Waals surface area contributed by atoms with Gasteiger partial charge in [-0.1, -0.05) is 0 Å². The maximum absolute atomic E-state index is 12.4. The third kappa shape index (κ3) is 1.91. The Labute approximate surface area is 83.8 Å². The zero-order valence-corrected chi connectivity index (χ0v) is 7.84. The van der Waals surface area contributed by atoms with E-state index in [-0.39, 0.29) is 0 Å². The Balaban J connectivity index is 2.62. The number of rotatable bonds is 0. The Morgan fingerprint density at radius 1 is 1.20 bits per heavy atom. The lowest BCUT2D eigenvalue weighted by molar-refractivity contribution is -0.137. The quantitative estimate of drug-likeness (QED) is 0.670. The molecule has 0 saturated heterocycles. The zero-order chi connectivity index (χ0) is 11.1. The summed E-state index contributed by atoms with van der Waals surface area (Å²) in [5.41, 5.74) is -0.155. The van der Waals surface area contributed by atoms with E-state index in [2.05, 4.69) is 9.97 Å². The van der Waals surface area contributed by atoms with Crippen LogP contribution >= 0.6 is 0 Å². The molecule has 78 valence electrons. The fourth-order valence-electron chi connectivity index (χ4n) is 1.30. The highest BCUT2D eigenvalue weighted by molar-refractivity contribution is 5.78. The molecule has 15 heavy (non-hydrogen) atoms. The molecule has 0 aliphatic carbocycles. The van der Waals surface area contributed by atoms with E-state index in [0.29, 0.717) is 16.7 Å². The van der Waals surface area contributed by atoms with Crippen molar-refractivity contribution in [1.82, 2.24) is 9.97 Å². The highest BCUT2D eigenvalue weighted by atomic mass is 19.4. The first-order chi connectivity index (χ1) is 6.97. The number of nitrogens with zero attached hydrogens (tertiary/aromatic N) is 2. The Morgan fingerprint density at radius 2 is 1.93 bits per heavy atom. The second kappa shape index (κ2) is 3.18. The minimum absolute atomic E-state index is 0.399. The maximum atomic E-state index is 12.4. The van der Waals surface area contributed by atoms with Gasteiger partial charge >= 0.3 is 6.18 Å². The summed E-state index contributed by atoms with van der Waals surface area (Å²) < 4.78 is 37.1. The number of aryl methyl sites for hydroxylation is 1. The van der Waals surface area contributed by atoms with Crippen molar-refractivity contribution in [2.45, 2.75) is 13.1 Å². The van der Waals surface area contributed by atoms with Gasteiger partial charge in [-0.25, -0.2) is 9.97 Å². The second-order valence-electron chi connectivity index (χ2n) is 3.19. The maximum Gasteiger partial charge on any atom is 0.416 e. The molecule has 0 saturated carbocycles. The Hall–Kier alpha value is -1.65. The van der Waals surface area contributed by atoms with Crippen molar-refractivity contribution in [3.05, 3.63) is 35.8 Å². The van der Waals surface area contributed by atoms with E-state index in [1.54, 1.807) is 6.92 Å². The molecule has 0 aliphatic rings. The van der Waals surface area contributed by atoms with Gasteiger partial charge in [0.05, 0.1) is 11.1 Å². The molecule has 2 nitrogen and oxygen atoms in total. The molecule has 1 aromatic heterocycles. The predicted molar refractivity (Wildman–Crippen MR) is 49.3 cm³/mol. The van der Waals surface area contributed by atoms with Crippen LogP contribution in [0.15, 0.2) is 24.4 Å². The molecular weight excluding hydrogens is 205 g/mol. The normalized spacial score (nSPS) is 12.0. The molecule has 2 aromatic rings. The molecule has 0 spiro atoms. The molecule has 0 bridgehead atoms. The van der Waals surface area contributed by atoms with Gasteiger partial charge in [0, 0.05) is 11.6 Å². The fraction of sp³-hybridized carbons (Fsp3) is 0.200. The fourth-order valence-corrected chi connectivity index (χ4v) is 1.30. The molecule has 1 aromatic carbocycles. The molecule has 2 rings (SSSR count). The number of halogens is 3. The van der Waals surface area contributed by atoms with Gasteiger partial charge < -0.3 is 0 Å². The Kier molecular flexibility index (Phi) is 2.10. The van der Waals surface area contributed by atoms with Crippen molar-refractivity contribution in [1.29, 1.82) is 0 Å². The second-order valence-corrected chi connectivity index (χ2v) is 3.19. The summed E-state index contributed by atoms with van der Waals surface area (Å²) in [6.07, 6.45) is -2.92. The van der Waals surface area contributed by atoms with Gasteiger partial charge in [0.1, 0.15) is 5.82 Å². The van der Waals surface area contributed by atoms with E-state index in [1.807, 2.05) is 0 Å². The lowest BCUT2D eigenvalue weighted by atomic mass is 10.1. The van der Waals surface area contributed by atoms with Crippen LogP contribution in [-0.2, 0) is 6.18 Å². The van der Waals surface area contributed by atoms with E-state index >= 15 is 0 Å². The zero-order valence-electron chi connectivity index (χ0n) is 7.84. The van der Waals surface area contributed by atoms with E-state index in [0.717, 1.165) is 12.1 Å². The van der Waals surface area contributed by atoms with E-state index in [9.17, 15) is 13.2 Å². The van der Waals surface area contributed by atoms with Crippen LogP contribution in [0.4, 0.5) is 13.2 Å². The Bertz CT molecular complexity index is 505. The van der Waals surface area contributed by atoms with Crippen LogP contribution < -0.4 is 0 Å². The summed E-state index contributed by atoms with van der Waals surface area (Å²) in [7, 11) is 0. The summed E-state index contributed by atoms with van der Waals surface area (Å²) in [6, 6.07) is 3.43. The number of benzene rings is 1. The third-order valence-corrected chi connectivity index (χ3v) is 2.03. The monoisotopic (exact) mass is 212 g/mol. The van der Waals surface area contributed by atoms with Gasteiger partial charge in [-0.15, -0.1) is 0 Å². The summed E-state index contributed by atoms with van der Waals surface area (Å²) in [6.45, 7) is 1.69. The highest BCUT2D eigenvalue weighted by Crippen LogP contribution is 2.30. The highest BCUT2D eigenvalue weighted by Gasteiger charge is 2.30. The summed E-state index contributed by atoms with van der Waals surface area (Å²) in [5.74, 6) is 0.544. The first kappa shape index (κ1) is 9.89. The lowest BCUT2D eigenvalue weighted by Gasteiger charge is -2.07. The molecule has 0 radical (unpaired) electrons. The van der Waals surface area contributed by atoms with Crippen molar-refractivity contribution in [3.8, 4) is 0 Å². The molecule has 0 amide bonds. The minimum atomic E-state index is -4.32. The van der Waals surface area contributed by atoms with E-state index < -0.39 is 11.7 Å². The van der Waals surface area contributed by atoms with Crippen molar-refractivity contribution < 1.29 is 13.2 Å². The van der Waals surface area contributed by atoms with Crippen LogP contribution in [0, 0.1) is 6.92 Å². The van der Waals surface area contributed by atoms with Crippen LogP contribution in [0.1, 0.15) is 11.4 Å². The smallest absolute Gasteiger partial charge is 0.241 e. The van der Waals surface area contributed by atoms with Gasteiger partial charge in [0.25, 0.3) is 0 Å². The van der Waals surface area contributed by atoms with Gasteiger partial charge in [-0.05, 0) is 25.1 Å². The van der Waals surface area contributed by atoms with Crippen molar-refractivity contribution in [2.75, 3.05) is 0 Å². The molecule has 0 atom stereocenters. The van der Waals surface area contributed by atoms with Crippen molar-refractivity contribution >= 4 is 10.9 Å². The van der Waals surface area contributed by atoms with Crippen molar-refractivity contribution in [3.63, 3.8) is 0 Å². The first-order valence-electron chi connectivity index (χ1n) is 4.27. The average molecular weight is 212 g/mol. The molecule has 5 heteroatoms. The number of hydrogen-bond donors (Lipinski definition) is 0. The van der Waals surface area contributed by atoms with Crippen LogP contribution in [0.25, 0.3) is 10.9 Å². The first-order valence-corrected chi connectivity index (χ1v) is 4.27. The summed E-state index contributed by atoms with van der Waals surface area (Å²) >= 11 is 0. The van der Waals surface area contributed by atoms with Gasteiger partial charge in [-0.3, -0.25) is 0 Å². The van der Waals surface area contributed by atoms with Crippen LogP contribution in [0.2, 0.25) is 0 Å². The Morgan fingerprint density at radius 3 is 2.60 bits per heavy atom. The standard InChI is InChI=1S/C10H7F3N2/c1-6-14-5-7-4-8(10(11,12)13)2-3-9(7)15-6/h2-5H,1H3. The predicted octanol–water partition coefficient (Wildman–Crippen LogP) is 2.96. The average Bonchev–Trinajstić information content (AvgIpc) is 2.15. The number of fused-ring (bicyclic) bond motifs is 1. The molecular formula is C10H7F3N2. The summed E-state index contributed by atoms with van der Waals surface area (Å²) in [5, 5.41) is 0.399. The molecule has 0 unspecified atom stereocenters. The lowest BCUT2D eigenvalue weighted by Crippen LogP contribution is -2.04. The van der Waals surface area contributed by atoms with Crippen LogP contribution in [0.5, 0.6) is 0 Å². The minimum Gasteiger partial charge on any atom is -0.241 e. The largest absolute Gasteiger partial charge is 0.416 e. The van der Waals surface area contributed by atoms with Crippen molar-refractivity contribution in [2.24, 2.45) is 0 Å². The molecule has 0 fully saturated rings. The summed E-state index contributed by atoms with van der Waals surface area (Å²) in [4.78, 5) is 7.87. The molecule has 0 aliphatic heterocycles. The molecule has 0 N–H and O–H groups in total. The van der Waals surface area contributed by atoms with E-state index in [1.165, 1.54) is 12.3 Å². The SMILES string of the molecule is Cc1ncc2cc(C(F)(F)F)ccc2n1. The van der Waals surface area contributed by atoms with Gasteiger partial charge in [0.2, 0.25) is 0 Å². The number of aromatic nitrogens is 2. The van der Waals surface area contributed by atoms with Crippen LogP contribution in [0.3, 0.4) is 0 Å². The van der Waals surface area contributed by atoms with Gasteiger partial charge in [0.15, 0.2) is 0 Å². The van der Waals surface area contributed by atoms with Crippen LogP contribution in [-0.4, -0.2) is 9.97 Å². The number of hydrogen-bond acceptors (Lipinski definition) is 2. The topological polar surface area (TPSA) is 25.8 Å². The molecule has 1 heterocycles. The number of alkyl halides is 3. The van der Waals surface area contributed by atoms with Gasteiger partial charge in [-0.2, -0.15) is 13.2 Å². The van der Waals surface area contributed by atoms with E-state index in [4.69, 9.17) is 0 Å².